The quantitative estimate of drug-likeness (QED) is 0.808. The number of carbonyl (C=O) groups excluding carboxylic acids is 2. The van der Waals surface area contributed by atoms with Gasteiger partial charge in [-0.3, -0.25) is 4.79 Å². The molecule has 0 saturated carbocycles. The highest BCUT2D eigenvalue weighted by Crippen LogP contribution is 2.21. The number of amides is 1. The molecule has 2 aromatic rings. The minimum absolute atomic E-state index is 0.0259. The third-order valence-electron chi connectivity index (χ3n) is 2.74. The Morgan fingerprint density at radius 3 is 2.30 bits per heavy atom. The smallest absolute Gasteiger partial charge is 0.339 e. The summed E-state index contributed by atoms with van der Waals surface area (Å²) in [6, 6.07) is 10.4. The average Bonchev–Trinajstić information content (AvgIpc) is 2.48. The highest BCUT2D eigenvalue weighted by molar-refractivity contribution is 7.87. The zero-order valence-corrected chi connectivity index (χ0v) is 12.8. The van der Waals surface area contributed by atoms with Crippen molar-refractivity contribution in [3.8, 4) is 5.75 Å². The number of benzene rings is 2. The van der Waals surface area contributed by atoms with Gasteiger partial charge in [-0.1, -0.05) is 12.1 Å². The number of aromatic carboxylic acids is 1. The molecule has 0 bridgehead atoms. The highest BCUT2D eigenvalue weighted by atomic mass is 32.2. The molecule has 0 radical (unpaired) electrons. The first kappa shape index (κ1) is 16.5. The van der Waals surface area contributed by atoms with E-state index in [1.807, 2.05) is 0 Å². The lowest BCUT2D eigenvalue weighted by Crippen LogP contribution is -2.22. The molecule has 2 aromatic carbocycles. The molecule has 1 N–H and O–H groups in total. The lowest BCUT2D eigenvalue weighted by Gasteiger charge is -2.09. The molecule has 120 valence electrons. The molecule has 0 aliphatic carbocycles. The van der Waals surface area contributed by atoms with Crippen molar-refractivity contribution in [2.75, 3.05) is 5.32 Å². The number of hydrogen-bond acceptors (Lipinski definition) is 6. The van der Waals surface area contributed by atoms with Crippen LogP contribution in [0.1, 0.15) is 17.3 Å². The lowest BCUT2D eigenvalue weighted by molar-refractivity contribution is -0.255. The predicted octanol–water partition coefficient (Wildman–Crippen LogP) is 0.776. The maximum absolute atomic E-state index is 12.1. The Labute approximate surface area is 132 Å². The monoisotopic (exact) mass is 334 g/mol. The predicted molar refractivity (Wildman–Crippen MR) is 79.3 cm³/mol. The molecule has 0 spiro atoms. The number of carbonyl (C=O) groups is 2. The number of carboxylic acid groups (broad SMARTS) is 1. The molecule has 0 aliphatic rings. The largest absolute Gasteiger partial charge is 0.545 e. The van der Waals surface area contributed by atoms with Crippen LogP contribution in [0, 0.1) is 0 Å². The normalized spacial score (nSPS) is 10.8. The van der Waals surface area contributed by atoms with Gasteiger partial charge in [-0.15, -0.1) is 0 Å². The van der Waals surface area contributed by atoms with E-state index in [1.165, 1.54) is 49.4 Å². The summed E-state index contributed by atoms with van der Waals surface area (Å²) < 4.78 is 29.2. The van der Waals surface area contributed by atoms with Gasteiger partial charge in [0.1, 0.15) is 10.6 Å². The summed E-state index contributed by atoms with van der Waals surface area (Å²) in [7, 11) is -4.18. The Hall–Kier alpha value is -2.87. The van der Waals surface area contributed by atoms with Crippen LogP contribution in [0.2, 0.25) is 0 Å². The number of carboxylic acids is 1. The molecule has 0 atom stereocenters. The first-order valence-electron chi connectivity index (χ1n) is 6.41. The number of anilines is 1. The first-order valence-corrected chi connectivity index (χ1v) is 7.82. The standard InChI is InChI=1S/C15H13NO6S/c1-10(17)16-12-5-7-13(8-6-12)22-23(20,21)14-4-2-3-11(9-14)15(18)19/h2-9H,1H3,(H,16,17)(H,18,19)/p-1. The average molecular weight is 334 g/mol. The molecule has 23 heavy (non-hydrogen) atoms. The fourth-order valence-corrected chi connectivity index (χ4v) is 2.73. The van der Waals surface area contributed by atoms with E-state index in [0.29, 0.717) is 5.69 Å². The molecular formula is C15H12NO6S-. The van der Waals surface area contributed by atoms with Crippen LogP contribution in [0.5, 0.6) is 5.75 Å². The van der Waals surface area contributed by atoms with Gasteiger partial charge in [0, 0.05) is 12.6 Å². The van der Waals surface area contributed by atoms with E-state index >= 15 is 0 Å². The molecule has 8 heteroatoms. The van der Waals surface area contributed by atoms with Crippen molar-refractivity contribution in [1.29, 1.82) is 0 Å². The minimum Gasteiger partial charge on any atom is -0.545 e. The number of nitrogens with one attached hydrogen (secondary N) is 1. The fraction of sp³-hybridized carbons (Fsp3) is 0.0667. The summed E-state index contributed by atoms with van der Waals surface area (Å²) >= 11 is 0. The van der Waals surface area contributed by atoms with Gasteiger partial charge in [-0.2, -0.15) is 8.42 Å². The molecule has 0 aliphatic heterocycles. The second-order valence-corrected chi connectivity index (χ2v) is 6.10. The zero-order valence-electron chi connectivity index (χ0n) is 12.0. The molecule has 2 rings (SSSR count). The third kappa shape index (κ3) is 4.30. The molecule has 0 unspecified atom stereocenters. The molecule has 1 amide bonds. The van der Waals surface area contributed by atoms with Crippen LogP contribution in [-0.2, 0) is 14.9 Å². The maximum Gasteiger partial charge on any atom is 0.339 e. The Morgan fingerprint density at radius 2 is 1.74 bits per heavy atom. The number of hydrogen-bond donors (Lipinski definition) is 1. The Balaban J connectivity index is 2.22. The summed E-state index contributed by atoms with van der Waals surface area (Å²) in [6.07, 6.45) is 0. The van der Waals surface area contributed by atoms with E-state index in [0.717, 1.165) is 6.07 Å². The summed E-state index contributed by atoms with van der Waals surface area (Å²) in [5.74, 6) is -1.72. The van der Waals surface area contributed by atoms with E-state index in [-0.39, 0.29) is 22.1 Å². The van der Waals surface area contributed by atoms with Crippen LogP contribution in [0.4, 0.5) is 5.69 Å². The Bertz CT molecular complexity index is 843. The highest BCUT2D eigenvalue weighted by Gasteiger charge is 2.17. The topological polar surface area (TPSA) is 113 Å². The van der Waals surface area contributed by atoms with Gasteiger partial charge < -0.3 is 19.4 Å². The second kappa shape index (κ2) is 6.49. The van der Waals surface area contributed by atoms with Gasteiger partial charge in [0.05, 0.1) is 5.97 Å². The van der Waals surface area contributed by atoms with Crippen molar-refractivity contribution in [2.24, 2.45) is 0 Å². The molecule has 0 saturated heterocycles. The fourth-order valence-electron chi connectivity index (χ4n) is 1.75. The van der Waals surface area contributed by atoms with Gasteiger partial charge in [0.15, 0.2) is 0 Å². The second-order valence-electron chi connectivity index (χ2n) is 4.56. The Morgan fingerprint density at radius 1 is 1.09 bits per heavy atom. The molecule has 0 aromatic heterocycles. The van der Waals surface area contributed by atoms with Crippen molar-refractivity contribution in [3.63, 3.8) is 0 Å². The third-order valence-corrected chi connectivity index (χ3v) is 3.98. The van der Waals surface area contributed by atoms with Crippen LogP contribution in [0.15, 0.2) is 53.4 Å². The van der Waals surface area contributed by atoms with Gasteiger partial charge in [-0.05, 0) is 42.0 Å². The summed E-state index contributed by atoms with van der Waals surface area (Å²) in [5, 5.41) is 13.3. The van der Waals surface area contributed by atoms with Gasteiger partial charge >= 0.3 is 10.1 Å². The molecular weight excluding hydrogens is 322 g/mol. The van der Waals surface area contributed by atoms with Crippen LogP contribution in [0.3, 0.4) is 0 Å². The molecule has 0 fully saturated rings. The zero-order chi connectivity index (χ0) is 17.0. The SMILES string of the molecule is CC(=O)Nc1ccc(OS(=O)(=O)c2cccc(C(=O)[O-])c2)cc1. The van der Waals surface area contributed by atoms with Gasteiger partial charge in [0.25, 0.3) is 0 Å². The molecule has 7 nitrogen and oxygen atoms in total. The number of rotatable bonds is 5. The van der Waals surface area contributed by atoms with Crippen LogP contribution >= 0.6 is 0 Å². The first-order chi connectivity index (χ1) is 10.8. The summed E-state index contributed by atoms with van der Waals surface area (Å²) in [6.45, 7) is 1.35. The van der Waals surface area contributed by atoms with Crippen LogP contribution in [-0.4, -0.2) is 20.3 Å². The van der Waals surface area contributed by atoms with Crippen molar-refractivity contribution < 1.29 is 27.3 Å². The summed E-state index contributed by atoms with van der Waals surface area (Å²) in [5.41, 5.74) is 0.219. The van der Waals surface area contributed by atoms with E-state index in [2.05, 4.69) is 5.32 Å². The van der Waals surface area contributed by atoms with Crippen molar-refractivity contribution in [3.05, 3.63) is 54.1 Å². The van der Waals surface area contributed by atoms with E-state index in [9.17, 15) is 23.1 Å². The minimum atomic E-state index is -4.18. The Kier molecular flexibility index (Phi) is 4.65. The van der Waals surface area contributed by atoms with Crippen LogP contribution < -0.4 is 14.6 Å². The molecule has 0 heterocycles. The van der Waals surface area contributed by atoms with Crippen molar-refractivity contribution in [2.45, 2.75) is 11.8 Å². The van der Waals surface area contributed by atoms with Gasteiger partial charge in [0.2, 0.25) is 5.91 Å². The summed E-state index contributed by atoms with van der Waals surface area (Å²) in [4.78, 5) is 21.4. The van der Waals surface area contributed by atoms with E-state index in [1.54, 1.807) is 0 Å². The van der Waals surface area contributed by atoms with Crippen molar-refractivity contribution >= 4 is 27.7 Å². The maximum atomic E-state index is 12.1. The lowest BCUT2D eigenvalue weighted by atomic mass is 10.2. The van der Waals surface area contributed by atoms with E-state index < -0.39 is 16.1 Å². The van der Waals surface area contributed by atoms with Crippen molar-refractivity contribution in [1.82, 2.24) is 0 Å². The van der Waals surface area contributed by atoms with E-state index in [4.69, 9.17) is 4.18 Å². The van der Waals surface area contributed by atoms with Crippen LogP contribution in [0.25, 0.3) is 0 Å². The van der Waals surface area contributed by atoms with Gasteiger partial charge in [-0.25, -0.2) is 0 Å².